The zero-order valence-corrected chi connectivity index (χ0v) is 61.5. The lowest BCUT2D eigenvalue weighted by atomic mass is 9.81. The Morgan fingerprint density at radius 1 is 0.620 bits per heavy atom. The molecule has 3 saturated carbocycles. The monoisotopic (exact) mass is 1430 g/mol. The molecule has 100 heavy (non-hydrogen) atoms. The third-order valence-electron chi connectivity index (χ3n) is 22.2. The summed E-state index contributed by atoms with van der Waals surface area (Å²) in [4.78, 5) is 191. The van der Waals surface area contributed by atoms with Crippen LogP contribution in [0.25, 0.3) is 0 Å². The molecule has 558 valence electrons. The maximum Gasteiger partial charge on any atom is 0.417 e. The number of fused-ring (bicyclic) bond motifs is 1. The Morgan fingerprint density at radius 2 is 1.22 bits per heavy atom. The van der Waals surface area contributed by atoms with Crippen molar-refractivity contribution in [3.63, 3.8) is 0 Å². The van der Waals surface area contributed by atoms with Crippen molar-refractivity contribution in [1.82, 2.24) is 60.0 Å². The number of piperidine rings is 1. The number of carbonyl (C=O) groups excluding carboxylic acids is 12. The molecule has 7 rings (SSSR count). The number of nitrogens with zero attached hydrogens (tertiary/aromatic N) is 9. The Kier molecular flexibility index (Phi) is 28.7. The van der Waals surface area contributed by atoms with Crippen molar-refractivity contribution < 1.29 is 70.7 Å². The predicted octanol–water partition coefficient (Wildman–Crippen LogP) is 6.03. The highest BCUT2D eigenvalue weighted by Crippen LogP contribution is 2.39. The number of benzene rings is 1. The summed E-state index contributed by atoms with van der Waals surface area (Å²) in [6, 6.07) is -5.54. The number of rotatable bonds is 10. The van der Waals surface area contributed by atoms with Crippen LogP contribution in [-0.4, -0.2) is 251 Å². The van der Waals surface area contributed by atoms with Gasteiger partial charge in [-0.25, -0.2) is 0 Å². The summed E-state index contributed by atoms with van der Waals surface area (Å²) < 4.78 is 41.6. The number of hydrogen-bond acceptors (Lipinski definition) is 12. The molecular formula is C72H110ClF3N12O12. The summed E-state index contributed by atoms with van der Waals surface area (Å²) in [6.07, 6.45) is 6.98. The second-order valence-electron chi connectivity index (χ2n) is 29.7. The van der Waals surface area contributed by atoms with Crippen molar-refractivity contribution in [2.24, 2.45) is 23.7 Å². The SMILES string of the molecule is CC[C@H](C)[C@@H]1NC(=O)[C@H](C(C)C)N(C)C(=O)C[C@@H](C(=O)N2CCCCC2)N(C)C(=O)[C@H](C2CCCCC2)N(C)C(=O)C2(CCCC2)NC(=O)[C@@H]2CCCN2C(=O)[C@H](CCc2ccc(C(F)(F)F)c(Cl)c2)NC(=O)CN(C)C(=O)[C@H](CC2CCCCC2)N(C)C(=O)CN(C)C(=O)CN(C)C1=O. The summed E-state index contributed by atoms with van der Waals surface area (Å²) in [5.74, 6) is -9.11. The third-order valence-corrected chi connectivity index (χ3v) is 22.5. The van der Waals surface area contributed by atoms with Gasteiger partial charge in [0, 0.05) is 69.0 Å². The minimum Gasteiger partial charge on any atom is -0.343 e. The molecule has 3 saturated heterocycles. The Labute approximate surface area is 593 Å². The molecule has 3 aliphatic heterocycles. The first-order valence-corrected chi connectivity index (χ1v) is 36.7. The second kappa shape index (κ2) is 35.7. The Hall–Kier alpha value is -7.06. The first kappa shape index (κ1) is 80.3. The van der Waals surface area contributed by atoms with Crippen LogP contribution in [0.2, 0.25) is 5.02 Å². The van der Waals surface area contributed by atoms with Crippen LogP contribution in [0.15, 0.2) is 18.2 Å². The molecule has 12 amide bonds. The van der Waals surface area contributed by atoms with E-state index in [1.165, 1.54) is 79.9 Å². The van der Waals surface area contributed by atoms with Crippen LogP contribution in [0.4, 0.5) is 13.2 Å². The molecule has 6 fully saturated rings. The van der Waals surface area contributed by atoms with E-state index in [9.17, 15) is 41.9 Å². The van der Waals surface area contributed by atoms with E-state index in [0.29, 0.717) is 70.0 Å². The first-order chi connectivity index (χ1) is 47.2. The van der Waals surface area contributed by atoms with Crippen LogP contribution in [0.3, 0.4) is 0 Å². The number of hydrogen-bond donors (Lipinski definition) is 3. The van der Waals surface area contributed by atoms with Gasteiger partial charge in [-0.05, 0) is 118 Å². The molecule has 1 aromatic carbocycles. The van der Waals surface area contributed by atoms with Crippen molar-refractivity contribution >= 4 is 82.5 Å². The fourth-order valence-corrected chi connectivity index (χ4v) is 16.2. The van der Waals surface area contributed by atoms with E-state index in [2.05, 4.69) is 16.0 Å². The molecule has 6 aliphatic rings. The summed E-state index contributed by atoms with van der Waals surface area (Å²) >= 11 is 6.16. The molecule has 0 bridgehead atoms. The minimum atomic E-state index is -4.76. The quantitative estimate of drug-likeness (QED) is 0.242. The number of amides is 12. The van der Waals surface area contributed by atoms with Gasteiger partial charge in [-0.2, -0.15) is 13.2 Å². The standard InChI is InChI=1S/C72H110ClF3N12O12/c1-12-46(4)60-68(98)82(7)43-58(91)80(5)44-59(92)83(8)54(40-47-25-16-13-17-26-47)66(96)81(6)42-56(89)77-52(33-31-48-30-32-50(51(73)39-48)72(74,75)76)65(95)88-38-24-29-53(88)63(93)79-71(34-20-21-35-71)70(100)86(11)62(49-27-18-14-19-28-49)69(99)84(9)55(67(97)87-36-22-15-23-37-87)41-57(90)85(10)61(45(2)3)64(94)78-60/h30,32,39,45-47,49,52-55,60-62H,12-29,31,33-38,40-44H2,1-11H3,(H,77,89)(H,78,94)(H,79,93)/t46-,52-,53-,54-,55-,60-,61-,62-/m0/s1. The van der Waals surface area contributed by atoms with Gasteiger partial charge < -0.3 is 60.0 Å². The van der Waals surface area contributed by atoms with E-state index in [1.807, 2.05) is 6.92 Å². The number of carbonyl (C=O) groups is 12. The van der Waals surface area contributed by atoms with Gasteiger partial charge >= 0.3 is 6.18 Å². The van der Waals surface area contributed by atoms with E-state index in [0.717, 1.165) is 84.6 Å². The van der Waals surface area contributed by atoms with Crippen molar-refractivity contribution in [3.8, 4) is 0 Å². The smallest absolute Gasteiger partial charge is 0.343 e. The summed E-state index contributed by atoms with van der Waals surface area (Å²) in [6.45, 7) is 6.17. The lowest BCUT2D eigenvalue weighted by molar-refractivity contribution is -0.157. The van der Waals surface area contributed by atoms with Gasteiger partial charge in [-0.15, -0.1) is 0 Å². The molecule has 24 nitrogen and oxygen atoms in total. The van der Waals surface area contributed by atoms with Crippen molar-refractivity contribution in [1.29, 1.82) is 0 Å². The van der Waals surface area contributed by atoms with Gasteiger partial charge in [0.15, 0.2) is 0 Å². The predicted molar refractivity (Wildman–Crippen MR) is 369 cm³/mol. The van der Waals surface area contributed by atoms with Gasteiger partial charge in [0.25, 0.3) is 0 Å². The van der Waals surface area contributed by atoms with Gasteiger partial charge in [0.2, 0.25) is 70.9 Å². The minimum absolute atomic E-state index is 0.0200. The average molecular weight is 1430 g/mol. The van der Waals surface area contributed by atoms with Crippen molar-refractivity contribution in [2.75, 3.05) is 88.6 Å². The number of aryl methyl sites for hydroxylation is 1. The number of likely N-dealkylation sites (N-methyl/N-ethyl adjacent to an activating group) is 7. The normalized spacial score (nSPS) is 26.9. The zero-order valence-electron chi connectivity index (χ0n) is 60.7. The van der Waals surface area contributed by atoms with Crippen molar-refractivity contribution in [3.05, 3.63) is 34.3 Å². The van der Waals surface area contributed by atoms with Crippen LogP contribution >= 0.6 is 11.6 Å². The number of likely N-dealkylation sites (tertiary alicyclic amines) is 1. The lowest BCUT2D eigenvalue weighted by Gasteiger charge is -2.43. The van der Waals surface area contributed by atoms with Gasteiger partial charge in [0.05, 0.1) is 36.6 Å². The molecule has 0 aromatic heterocycles. The second-order valence-corrected chi connectivity index (χ2v) is 30.1. The largest absolute Gasteiger partial charge is 0.417 e. The summed E-state index contributed by atoms with van der Waals surface area (Å²) in [5, 5.41) is 8.17. The fourth-order valence-electron chi connectivity index (χ4n) is 15.9. The molecule has 1 aromatic rings. The molecule has 3 heterocycles. The Bertz CT molecular complexity index is 3120. The molecular weight excluding hydrogens is 1320 g/mol. The van der Waals surface area contributed by atoms with Crippen LogP contribution in [-0.2, 0) is 70.1 Å². The highest BCUT2D eigenvalue weighted by Gasteiger charge is 2.52. The molecule has 28 heteroatoms. The zero-order chi connectivity index (χ0) is 73.7. The summed E-state index contributed by atoms with van der Waals surface area (Å²) in [5.41, 5.74) is -2.33. The summed E-state index contributed by atoms with van der Waals surface area (Å²) in [7, 11) is 10.00. The van der Waals surface area contributed by atoms with Crippen LogP contribution < -0.4 is 16.0 Å². The van der Waals surface area contributed by atoms with Crippen molar-refractivity contribution in [2.45, 2.75) is 236 Å². The molecule has 0 radical (unpaired) electrons. The van der Waals surface area contributed by atoms with E-state index in [4.69, 9.17) is 11.6 Å². The fraction of sp³-hybridized carbons (Fsp3) is 0.750. The van der Waals surface area contributed by atoms with E-state index >= 15 is 28.8 Å². The molecule has 3 N–H and O–H groups in total. The number of nitrogens with one attached hydrogen (secondary N) is 3. The Balaban J connectivity index is 1.28. The third kappa shape index (κ3) is 19.8. The van der Waals surface area contributed by atoms with E-state index < -0.39 is 179 Å². The number of alkyl halides is 3. The van der Waals surface area contributed by atoms with E-state index in [1.54, 1.807) is 25.7 Å². The van der Waals surface area contributed by atoms with Gasteiger partial charge in [-0.3, -0.25) is 57.5 Å². The van der Waals surface area contributed by atoms with Gasteiger partial charge in [-0.1, -0.05) is 116 Å². The highest BCUT2D eigenvalue weighted by molar-refractivity contribution is 6.31. The lowest BCUT2D eigenvalue weighted by Crippen LogP contribution is -2.65. The van der Waals surface area contributed by atoms with Gasteiger partial charge in [0.1, 0.15) is 47.8 Å². The molecule has 0 unspecified atom stereocenters. The number of halogens is 4. The molecule has 1 spiro atoms. The Morgan fingerprint density at radius 3 is 1.82 bits per heavy atom. The molecule has 8 atom stereocenters. The van der Waals surface area contributed by atoms with Crippen LogP contribution in [0.1, 0.15) is 187 Å². The first-order valence-electron chi connectivity index (χ1n) is 36.4. The maximum atomic E-state index is 15.8. The topological polar surface area (TPSA) is 270 Å². The van der Waals surface area contributed by atoms with Crippen LogP contribution in [0.5, 0.6) is 0 Å². The van der Waals surface area contributed by atoms with E-state index in [-0.39, 0.29) is 51.0 Å². The molecule has 3 aliphatic carbocycles. The van der Waals surface area contributed by atoms with Crippen LogP contribution in [0, 0.1) is 23.7 Å². The highest BCUT2D eigenvalue weighted by atomic mass is 35.5. The average Bonchev–Trinajstić information content (AvgIpc) is 1.50. The maximum absolute atomic E-state index is 15.8.